The van der Waals surface area contributed by atoms with E-state index in [9.17, 15) is 0 Å². The summed E-state index contributed by atoms with van der Waals surface area (Å²) < 4.78 is 5.55. The lowest BCUT2D eigenvalue weighted by molar-refractivity contribution is 0.109. The van der Waals surface area contributed by atoms with Crippen molar-refractivity contribution in [3.8, 4) is 0 Å². The first-order valence-electron chi connectivity index (χ1n) is 7.59. The van der Waals surface area contributed by atoms with E-state index in [1.54, 1.807) is 0 Å². The first kappa shape index (κ1) is 22.2. The first-order valence-corrected chi connectivity index (χ1v) is 7.59. The van der Waals surface area contributed by atoms with Crippen molar-refractivity contribution in [3.05, 3.63) is 0 Å². The summed E-state index contributed by atoms with van der Waals surface area (Å²) in [5.41, 5.74) is 0. The van der Waals surface area contributed by atoms with Crippen LogP contribution in [0.5, 0.6) is 0 Å². The third kappa shape index (κ3) is 13.0. The van der Waals surface area contributed by atoms with Crippen LogP contribution in [0.4, 0.5) is 0 Å². The maximum Gasteiger partial charge on any atom is 0.191 e. The minimum atomic E-state index is 0. The van der Waals surface area contributed by atoms with E-state index in [-0.39, 0.29) is 24.0 Å². The molecule has 0 saturated carbocycles. The number of hydrogen-bond acceptors (Lipinski definition) is 2. The van der Waals surface area contributed by atoms with Crippen LogP contribution in [0.25, 0.3) is 0 Å². The van der Waals surface area contributed by atoms with Gasteiger partial charge in [0.25, 0.3) is 0 Å². The lowest BCUT2D eigenvalue weighted by Gasteiger charge is -2.20. The third-order valence-electron chi connectivity index (χ3n) is 2.88. The lowest BCUT2D eigenvalue weighted by Crippen LogP contribution is -2.44. The number of nitrogens with one attached hydrogen (secondary N) is 2. The van der Waals surface area contributed by atoms with Gasteiger partial charge in [0.1, 0.15) is 0 Å². The highest BCUT2D eigenvalue weighted by molar-refractivity contribution is 14.0. The average molecular weight is 399 g/mol. The Bertz CT molecular complexity index is 245. The van der Waals surface area contributed by atoms with E-state index < -0.39 is 0 Å². The molecule has 0 heterocycles. The van der Waals surface area contributed by atoms with Crippen LogP contribution >= 0.6 is 24.0 Å². The molecule has 2 N–H and O–H groups in total. The number of nitrogens with zero attached hydrogens (tertiary/aromatic N) is 1. The molecule has 1 atom stereocenters. The standard InChI is InChI=1S/C15H33N3O.HI/c1-7-16-15(18-14(6)13(4)5)17-9-8-10-19-11-12(2)3;/h12-14H,7-11H2,1-6H3,(H2,16,17,18);1H. The fourth-order valence-corrected chi connectivity index (χ4v) is 1.38. The zero-order valence-electron chi connectivity index (χ0n) is 14.0. The van der Waals surface area contributed by atoms with Gasteiger partial charge in [-0.1, -0.05) is 27.7 Å². The molecule has 20 heavy (non-hydrogen) atoms. The number of guanidine groups is 1. The van der Waals surface area contributed by atoms with E-state index in [0.717, 1.165) is 38.7 Å². The number of hydrogen-bond donors (Lipinski definition) is 2. The Kier molecular flexibility index (Phi) is 15.5. The number of rotatable bonds is 9. The monoisotopic (exact) mass is 399 g/mol. The SMILES string of the molecule is CCNC(=NCCCOCC(C)C)NC(C)C(C)C.I. The molecule has 0 aromatic heterocycles. The highest BCUT2D eigenvalue weighted by Gasteiger charge is 2.08. The van der Waals surface area contributed by atoms with Crippen LogP contribution in [-0.2, 0) is 4.74 Å². The summed E-state index contributed by atoms with van der Waals surface area (Å²) in [7, 11) is 0. The molecule has 0 fully saturated rings. The van der Waals surface area contributed by atoms with Gasteiger partial charge in [-0.25, -0.2) is 0 Å². The Morgan fingerprint density at radius 2 is 1.80 bits per heavy atom. The van der Waals surface area contributed by atoms with E-state index in [0.29, 0.717) is 17.9 Å². The van der Waals surface area contributed by atoms with E-state index >= 15 is 0 Å². The fraction of sp³-hybridized carbons (Fsp3) is 0.933. The second-order valence-corrected chi connectivity index (χ2v) is 5.76. The normalized spacial score (nSPS) is 13.3. The number of aliphatic imine (C=N–C) groups is 1. The highest BCUT2D eigenvalue weighted by Crippen LogP contribution is 1.99. The smallest absolute Gasteiger partial charge is 0.191 e. The molecule has 0 aromatic rings. The van der Waals surface area contributed by atoms with Crippen molar-refractivity contribution >= 4 is 29.9 Å². The molecule has 0 aliphatic rings. The summed E-state index contributed by atoms with van der Waals surface area (Å²) in [5, 5.41) is 6.70. The van der Waals surface area contributed by atoms with Gasteiger partial charge in [-0.3, -0.25) is 4.99 Å². The van der Waals surface area contributed by atoms with Crippen molar-refractivity contribution in [2.75, 3.05) is 26.3 Å². The van der Waals surface area contributed by atoms with Crippen molar-refractivity contribution in [3.63, 3.8) is 0 Å². The lowest BCUT2D eigenvalue weighted by atomic mass is 10.1. The van der Waals surface area contributed by atoms with E-state index in [1.165, 1.54) is 0 Å². The molecule has 0 spiro atoms. The summed E-state index contributed by atoms with van der Waals surface area (Å²) in [4.78, 5) is 4.57. The summed E-state index contributed by atoms with van der Waals surface area (Å²) in [6, 6.07) is 0.426. The van der Waals surface area contributed by atoms with Crippen LogP contribution in [0.3, 0.4) is 0 Å². The molecule has 122 valence electrons. The largest absolute Gasteiger partial charge is 0.381 e. The van der Waals surface area contributed by atoms with Crippen molar-refractivity contribution in [1.82, 2.24) is 10.6 Å². The van der Waals surface area contributed by atoms with E-state index in [4.69, 9.17) is 4.74 Å². The number of ether oxygens (including phenoxy) is 1. The van der Waals surface area contributed by atoms with Crippen molar-refractivity contribution < 1.29 is 4.74 Å². The van der Waals surface area contributed by atoms with E-state index in [1.807, 2.05) is 0 Å². The zero-order valence-corrected chi connectivity index (χ0v) is 16.4. The molecule has 0 radical (unpaired) electrons. The van der Waals surface area contributed by atoms with Crippen LogP contribution in [0.15, 0.2) is 4.99 Å². The molecule has 4 nitrogen and oxygen atoms in total. The summed E-state index contributed by atoms with van der Waals surface area (Å²) in [5.74, 6) is 2.11. The molecule has 0 saturated heterocycles. The van der Waals surface area contributed by atoms with Gasteiger partial charge in [0, 0.05) is 32.3 Å². The van der Waals surface area contributed by atoms with Crippen molar-refractivity contribution in [2.24, 2.45) is 16.8 Å². The molecule has 1 unspecified atom stereocenters. The maximum absolute atomic E-state index is 5.55. The summed E-state index contributed by atoms with van der Waals surface area (Å²) in [6.45, 7) is 16.3. The topological polar surface area (TPSA) is 45.7 Å². The molecular weight excluding hydrogens is 365 g/mol. The van der Waals surface area contributed by atoms with Crippen molar-refractivity contribution in [2.45, 2.75) is 54.0 Å². The fourth-order valence-electron chi connectivity index (χ4n) is 1.38. The molecule has 0 amide bonds. The Morgan fingerprint density at radius 3 is 2.30 bits per heavy atom. The van der Waals surface area contributed by atoms with E-state index in [2.05, 4.69) is 57.2 Å². The van der Waals surface area contributed by atoms with Crippen LogP contribution < -0.4 is 10.6 Å². The highest BCUT2D eigenvalue weighted by atomic mass is 127. The van der Waals surface area contributed by atoms with Gasteiger partial charge in [-0.15, -0.1) is 24.0 Å². The Labute approximate surface area is 142 Å². The summed E-state index contributed by atoms with van der Waals surface area (Å²) >= 11 is 0. The second kappa shape index (κ2) is 13.9. The first-order chi connectivity index (χ1) is 8.97. The van der Waals surface area contributed by atoms with Crippen LogP contribution in [0.2, 0.25) is 0 Å². The van der Waals surface area contributed by atoms with Crippen LogP contribution in [0.1, 0.15) is 48.0 Å². The van der Waals surface area contributed by atoms with Gasteiger partial charge in [0.2, 0.25) is 0 Å². The minimum Gasteiger partial charge on any atom is -0.381 e. The minimum absolute atomic E-state index is 0. The third-order valence-corrected chi connectivity index (χ3v) is 2.88. The Morgan fingerprint density at radius 1 is 1.15 bits per heavy atom. The van der Waals surface area contributed by atoms with Crippen LogP contribution in [-0.4, -0.2) is 38.3 Å². The van der Waals surface area contributed by atoms with Gasteiger partial charge in [-0.2, -0.15) is 0 Å². The van der Waals surface area contributed by atoms with Crippen molar-refractivity contribution in [1.29, 1.82) is 0 Å². The van der Waals surface area contributed by atoms with Gasteiger partial charge in [0.05, 0.1) is 0 Å². The number of halogens is 1. The second-order valence-electron chi connectivity index (χ2n) is 5.76. The molecule has 0 aliphatic heterocycles. The molecule has 0 aromatic carbocycles. The Hall–Kier alpha value is -0.0400. The predicted molar refractivity (Wildman–Crippen MR) is 99.1 cm³/mol. The quantitative estimate of drug-likeness (QED) is 0.271. The Balaban J connectivity index is 0. The summed E-state index contributed by atoms with van der Waals surface area (Å²) in [6.07, 6.45) is 0.972. The van der Waals surface area contributed by atoms with Gasteiger partial charge >= 0.3 is 0 Å². The van der Waals surface area contributed by atoms with Gasteiger partial charge < -0.3 is 15.4 Å². The molecule has 5 heteroatoms. The molecule has 0 rings (SSSR count). The maximum atomic E-state index is 5.55. The zero-order chi connectivity index (χ0) is 14.7. The molecular formula is C15H34IN3O. The molecule has 0 aliphatic carbocycles. The predicted octanol–water partition coefficient (Wildman–Crippen LogP) is 3.27. The van der Waals surface area contributed by atoms with Gasteiger partial charge in [-0.05, 0) is 32.1 Å². The average Bonchev–Trinajstić information content (AvgIpc) is 2.33. The van der Waals surface area contributed by atoms with Crippen LogP contribution in [0, 0.1) is 11.8 Å². The van der Waals surface area contributed by atoms with Gasteiger partial charge in [0.15, 0.2) is 5.96 Å². The molecule has 0 bridgehead atoms.